The normalized spacial score (nSPS) is 12.2. The molecule has 0 fully saturated rings. The third kappa shape index (κ3) is 5.57. The Hall–Kier alpha value is -1.13. The van der Waals surface area contributed by atoms with Crippen LogP contribution >= 0.6 is 11.6 Å². The maximum atomic E-state index is 13.4. The smallest absolute Gasteiger partial charge is 0.224 e. The number of nitrogens with two attached hydrogens (primary N) is 1. The Bertz CT molecular complexity index is 426. The van der Waals surface area contributed by atoms with Crippen molar-refractivity contribution in [2.45, 2.75) is 32.6 Å². The molecule has 1 unspecified atom stereocenters. The van der Waals surface area contributed by atoms with Crippen LogP contribution in [0.5, 0.6) is 0 Å². The highest BCUT2D eigenvalue weighted by molar-refractivity contribution is 6.30. The Labute approximate surface area is 118 Å². The lowest BCUT2D eigenvalue weighted by atomic mass is 9.96. The standard InChI is InChI=1S/C14H20ClFN2O/c1-2-10(7-8-17)3-6-14(19)18-13-9-11(15)4-5-12(13)16/h4-5,9-10H,2-3,6-8,17H2,1H3,(H,18,19). The monoisotopic (exact) mass is 286 g/mol. The van der Waals surface area contributed by atoms with Crippen LogP contribution in [0.3, 0.4) is 0 Å². The van der Waals surface area contributed by atoms with Crippen LogP contribution in [-0.2, 0) is 4.79 Å². The first kappa shape index (κ1) is 15.9. The molecule has 3 nitrogen and oxygen atoms in total. The van der Waals surface area contributed by atoms with Crippen LogP contribution in [-0.4, -0.2) is 12.5 Å². The van der Waals surface area contributed by atoms with Gasteiger partial charge in [-0.05, 0) is 43.5 Å². The second-order valence-corrected chi connectivity index (χ2v) is 5.00. The summed E-state index contributed by atoms with van der Waals surface area (Å²) in [7, 11) is 0. The van der Waals surface area contributed by atoms with E-state index in [4.69, 9.17) is 17.3 Å². The van der Waals surface area contributed by atoms with Crippen molar-refractivity contribution < 1.29 is 9.18 Å². The van der Waals surface area contributed by atoms with E-state index in [9.17, 15) is 9.18 Å². The molecule has 0 radical (unpaired) electrons. The molecule has 0 aliphatic heterocycles. The first-order chi connectivity index (χ1) is 9.06. The van der Waals surface area contributed by atoms with Crippen molar-refractivity contribution in [2.24, 2.45) is 11.7 Å². The van der Waals surface area contributed by atoms with Crippen LogP contribution in [0.2, 0.25) is 5.02 Å². The summed E-state index contributed by atoms with van der Waals surface area (Å²) in [6, 6.07) is 4.09. The van der Waals surface area contributed by atoms with Gasteiger partial charge in [0.05, 0.1) is 5.69 Å². The summed E-state index contributed by atoms with van der Waals surface area (Å²) in [6.45, 7) is 2.71. The summed E-state index contributed by atoms with van der Waals surface area (Å²) in [6.07, 6.45) is 3.04. The van der Waals surface area contributed by atoms with E-state index in [1.807, 2.05) is 0 Å². The molecule has 0 bridgehead atoms. The minimum Gasteiger partial charge on any atom is -0.330 e. The lowest BCUT2D eigenvalue weighted by Crippen LogP contribution is -2.15. The van der Waals surface area contributed by atoms with Gasteiger partial charge >= 0.3 is 0 Å². The first-order valence-electron chi connectivity index (χ1n) is 6.51. The maximum absolute atomic E-state index is 13.4. The number of hydrogen-bond acceptors (Lipinski definition) is 2. The number of nitrogens with one attached hydrogen (secondary N) is 1. The van der Waals surface area contributed by atoms with Gasteiger partial charge in [0.2, 0.25) is 5.91 Å². The van der Waals surface area contributed by atoms with E-state index in [0.717, 1.165) is 19.3 Å². The lowest BCUT2D eigenvalue weighted by molar-refractivity contribution is -0.116. The van der Waals surface area contributed by atoms with Gasteiger partial charge in [0.1, 0.15) is 5.82 Å². The summed E-state index contributed by atoms with van der Waals surface area (Å²) < 4.78 is 13.4. The average Bonchev–Trinajstić information content (AvgIpc) is 2.39. The van der Waals surface area contributed by atoms with Gasteiger partial charge < -0.3 is 11.1 Å². The fourth-order valence-corrected chi connectivity index (χ4v) is 2.10. The zero-order valence-electron chi connectivity index (χ0n) is 11.1. The van der Waals surface area contributed by atoms with Crippen LogP contribution in [0.1, 0.15) is 32.6 Å². The maximum Gasteiger partial charge on any atom is 0.224 e. The summed E-state index contributed by atoms with van der Waals surface area (Å²) in [5.74, 6) is -0.233. The third-order valence-electron chi connectivity index (χ3n) is 3.13. The summed E-state index contributed by atoms with van der Waals surface area (Å²) in [5.41, 5.74) is 5.64. The number of carbonyl (C=O) groups excluding carboxylic acids is 1. The van der Waals surface area contributed by atoms with Gasteiger partial charge in [-0.2, -0.15) is 0 Å². The molecule has 0 aromatic heterocycles. The van der Waals surface area contributed by atoms with Crippen LogP contribution < -0.4 is 11.1 Å². The molecule has 0 spiro atoms. The summed E-state index contributed by atoms with van der Waals surface area (Å²) in [5, 5.41) is 2.94. The number of hydrogen-bond donors (Lipinski definition) is 2. The minimum absolute atomic E-state index is 0.129. The third-order valence-corrected chi connectivity index (χ3v) is 3.37. The second kappa shape index (κ2) is 8.12. The Balaban J connectivity index is 2.48. The summed E-state index contributed by atoms with van der Waals surface area (Å²) >= 11 is 5.76. The zero-order valence-corrected chi connectivity index (χ0v) is 11.8. The lowest BCUT2D eigenvalue weighted by Gasteiger charge is -2.13. The van der Waals surface area contributed by atoms with Gasteiger partial charge in [-0.15, -0.1) is 0 Å². The first-order valence-corrected chi connectivity index (χ1v) is 6.89. The van der Waals surface area contributed by atoms with Crippen molar-refractivity contribution in [1.29, 1.82) is 0 Å². The number of anilines is 1. The largest absolute Gasteiger partial charge is 0.330 e. The SMILES string of the molecule is CCC(CCN)CCC(=O)Nc1cc(Cl)ccc1F. The molecule has 0 saturated heterocycles. The fourth-order valence-electron chi connectivity index (χ4n) is 1.93. The molecule has 0 aliphatic carbocycles. The number of halogens is 2. The highest BCUT2D eigenvalue weighted by atomic mass is 35.5. The van der Waals surface area contributed by atoms with Crippen molar-refractivity contribution in [2.75, 3.05) is 11.9 Å². The molecular formula is C14H20ClFN2O. The van der Waals surface area contributed by atoms with Crippen LogP contribution in [0, 0.1) is 11.7 Å². The zero-order chi connectivity index (χ0) is 14.3. The quantitative estimate of drug-likeness (QED) is 0.805. The number of amides is 1. The molecular weight excluding hydrogens is 267 g/mol. The van der Waals surface area contributed by atoms with E-state index in [1.165, 1.54) is 18.2 Å². The minimum atomic E-state index is -0.480. The molecule has 5 heteroatoms. The predicted octanol–water partition coefficient (Wildman–Crippen LogP) is 3.57. The van der Waals surface area contributed by atoms with E-state index in [1.54, 1.807) is 0 Å². The van der Waals surface area contributed by atoms with E-state index in [-0.39, 0.29) is 11.6 Å². The van der Waals surface area contributed by atoms with E-state index >= 15 is 0 Å². The molecule has 0 saturated carbocycles. The molecule has 106 valence electrons. The molecule has 0 heterocycles. The molecule has 1 aromatic carbocycles. The molecule has 1 atom stereocenters. The average molecular weight is 287 g/mol. The fraction of sp³-hybridized carbons (Fsp3) is 0.500. The van der Waals surface area contributed by atoms with Gasteiger partial charge in [-0.1, -0.05) is 24.9 Å². The Morgan fingerprint density at radius 3 is 2.84 bits per heavy atom. The highest BCUT2D eigenvalue weighted by Crippen LogP contribution is 2.20. The molecule has 1 aromatic rings. The number of carbonyl (C=O) groups is 1. The van der Waals surface area contributed by atoms with Gasteiger partial charge in [-0.3, -0.25) is 4.79 Å². The molecule has 0 aliphatic rings. The number of benzene rings is 1. The van der Waals surface area contributed by atoms with Crippen LogP contribution in [0.25, 0.3) is 0 Å². The van der Waals surface area contributed by atoms with E-state index in [2.05, 4.69) is 12.2 Å². The van der Waals surface area contributed by atoms with Crippen molar-refractivity contribution in [3.8, 4) is 0 Å². The Kier molecular flexibility index (Phi) is 6.81. The van der Waals surface area contributed by atoms with Gasteiger partial charge in [0.15, 0.2) is 0 Å². The van der Waals surface area contributed by atoms with Crippen LogP contribution in [0.4, 0.5) is 10.1 Å². The molecule has 19 heavy (non-hydrogen) atoms. The van der Waals surface area contributed by atoms with Crippen molar-refractivity contribution >= 4 is 23.2 Å². The predicted molar refractivity (Wildman–Crippen MR) is 76.7 cm³/mol. The Morgan fingerprint density at radius 2 is 2.21 bits per heavy atom. The van der Waals surface area contributed by atoms with E-state index in [0.29, 0.717) is 23.9 Å². The van der Waals surface area contributed by atoms with Crippen LogP contribution in [0.15, 0.2) is 18.2 Å². The van der Waals surface area contributed by atoms with Gasteiger partial charge in [-0.25, -0.2) is 4.39 Å². The van der Waals surface area contributed by atoms with Gasteiger partial charge in [0.25, 0.3) is 0 Å². The van der Waals surface area contributed by atoms with E-state index < -0.39 is 5.82 Å². The van der Waals surface area contributed by atoms with Crippen molar-refractivity contribution in [3.05, 3.63) is 29.0 Å². The molecule has 1 amide bonds. The van der Waals surface area contributed by atoms with Crippen molar-refractivity contribution in [3.63, 3.8) is 0 Å². The Morgan fingerprint density at radius 1 is 1.47 bits per heavy atom. The summed E-state index contributed by atoms with van der Waals surface area (Å²) in [4.78, 5) is 11.7. The molecule has 3 N–H and O–H groups in total. The highest BCUT2D eigenvalue weighted by Gasteiger charge is 2.11. The topological polar surface area (TPSA) is 55.1 Å². The van der Waals surface area contributed by atoms with Crippen molar-refractivity contribution in [1.82, 2.24) is 0 Å². The van der Waals surface area contributed by atoms with Gasteiger partial charge in [0, 0.05) is 11.4 Å². The molecule has 1 rings (SSSR count). The second-order valence-electron chi connectivity index (χ2n) is 4.56. The number of rotatable bonds is 7.